The van der Waals surface area contributed by atoms with Crippen LogP contribution in [0.4, 0.5) is 13.2 Å². The maximum absolute atomic E-state index is 12.1. The highest BCUT2D eigenvalue weighted by Crippen LogP contribution is 2.36. The van der Waals surface area contributed by atoms with Crippen molar-refractivity contribution in [2.75, 3.05) is 6.61 Å². The van der Waals surface area contributed by atoms with Crippen LogP contribution in [0, 0.1) is 16.7 Å². The zero-order valence-electron chi connectivity index (χ0n) is 10.6. The lowest BCUT2D eigenvalue weighted by Crippen LogP contribution is -2.23. The van der Waals surface area contributed by atoms with E-state index >= 15 is 0 Å². The fourth-order valence-corrected chi connectivity index (χ4v) is 1.97. The summed E-state index contributed by atoms with van der Waals surface area (Å²) in [4.78, 5) is 11.9. The first kappa shape index (κ1) is 16.5. The maximum Gasteiger partial charge on any atom is 0.446 e. The van der Waals surface area contributed by atoms with Gasteiger partial charge in [-0.1, -0.05) is 12.1 Å². The number of benzene rings is 1. The van der Waals surface area contributed by atoms with E-state index in [1.165, 1.54) is 31.2 Å². The van der Waals surface area contributed by atoms with E-state index in [2.05, 4.69) is 0 Å². The fraction of sp³-hybridized carbons (Fsp3) is 0.385. The standard InChI is InChI=1S/C13H12F3NO2S/c1-12(7-17,8-18)6-11(19)9-2-4-10(5-3-9)20-13(14,15)16/h2-5,18H,6,8H2,1H3. The molecule has 7 heteroatoms. The lowest BCUT2D eigenvalue weighted by Gasteiger charge is -2.17. The van der Waals surface area contributed by atoms with Crippen molar-refractivity contribution in [1.82, 2.24) is 0 Å². The largest absolute Gasteiger partial charge is 0.446 e. The molecule has 0 heterocycles. The summed E-state index contributed by atoms with van der Waals surface area (Å²) in [5.74, 6) is -0.397. The topological polar surface area (TPSA) is 61.1 Å². The highest BCUT2D eigenvalue weighted by molar-refractivity contribution is 8.00. The molecule has 0 bridgehead atoms. The van der Waals surface area contributed by atoms with Crippen LogP contribution in [0.3, 0.4) is 0 Å². The minimum absolute atomic E-state index is 0.0146. The van der Waals surface area contributed by atoms with Gasteiger partial charge in [0.25, 0.3) is 0 Å². The molecule has 1 aromatic carbocycles. The number of thioether (sulfide) groups is 1. The quantitative estimate of drug-likeness (QED) is 0.669. The molecule has 0 aliphatic carbocycles. The molecule has 108 valence electrons. The first-order chi connectivity index (χ1) is 9.19. The zero-order valence-corrected chi connectivity index (χ0v) is 11.4. The molecule has 1 atom stereocenters. The summed E-state index contributed by atoms with van der Waals surface area (Å²) >= 11 is -0.260. The summed E-state index contributed by atoms with van der Waals surface area (Å²) in [5, 5.41) is 17.9. The third-order valence-corrected chi connectivity index (χ3v) is 3.32. The van der Waals surface area contributed by atoms with E-state index in [0.29, 0.717) is 0 Å². The minimum atomic E-state index is -4.37. The number of nitriles is 1. The van der Waals surface area contributed by atoms with Crippen molar-refractivity contribution in [3.05, 3.63) is 29.8 Å². The van der Waals surface area contributed by atoms with Crippen LogP contribution < -0.4 is 0 Å². The van der Waals surface area contributed by atoms with Gasteiger partial charge < -0.3 is 5.11 Å². The maximum atomic E-state index is 12.1. The van der Waals surface area contributed by atoms with Gasteiger partial charge in [-0.2, -0.15) is 18.4 Å². The third-order valence-electron chi connectivity index (χ3n) is 2.58. The van der Waals surface area contributed by atoms with E-state index in [4.69, 9.17) is 10.4 Å². The van der Waals surface area contributed by atoms with Gasteiger partial charge in [0.1, 0.15) is 0 Å². The predicted octanol–water partition coefficient (Wildman–Crippen LogP) is 3.39. The lowest BCUT2D eigenvalue weighted by atomic mass is 9.86. The first-order valence-electron chi connectivity index (χ1n) is 5.60. The van der Waals surface area contributed by atoms with Crippen LogP contribution >= 0.6 is 11.8 Å². The third kappa shape index (κ3) is 4.87. The highest BCUT2D eigenvalue weighted by atomic mass is 32.2. The van der Waals surface area contributed by atoms with Gasteiger partial charge in [-0.15, -0.1) is 0 Å². The molecule has 1 rings (SSSR count). The van der Waals surface area contributed by atoms with Gasteiger partial charge in [-0.05, 0) is 30.8 Å². The van der Waals surface area contributed by atoms with Crippen molar-refractivity contribution in [2.24, 2.45) is 5.41 Å². The van der Waals surface area contributed by atoms with Crippen LogP contribution in [-0.2, 0) is 0 Å². The zero-order chi connectivity index (χ0) is 15.4. The number of rotatable bonds is 5. The molecular weight excluding hydrogens is 291 g/mol. The number of aliphatic hydroxyl groups excluding tert-OH is 1. The van der Waals surface area contributed by atoms with Crippen LogP contribution in [-0.4, -0.2) is 23.0 Å². The van der Waals surface area contributed by atoms with Crippen molar-refractivity contribution in [1.29, 1.82) is 5.26 Å². The molecule has 0 saturated heterocycles. The predicted molar refractivity (Wildman–Crippen MR) is 68.1 cm³/mol. The van der Waals surface area contributed by atoms with Crippen molar-refractivity contribution >= 4 is 17.5 Å². The summed E-state index contributed by atoms with van der Waals surface area (Å²) in [7, 11) is 0. The summed E-state index contributed by atoms with van der Waals surface area (Å²) in [6.07, 6.45) is -0.189. The van der Waals surface area contributed by atoms with Gasteiger partial charge in [-0.25, -0.2) is 0 Å². The molecule has 0 aliphatic rings. The lowest BCUT2D eigenvalue weighted by molar-refractivity contribution is -0.0328. The number of carbonyl (C=O) groups excluding carboxylic acids is 1. The molecule has 1 aromatic rings. The number of nitrogens with zero attached hydrogens (tertiary/aromatic N) is 1. The first-order valence-corrected chi connectivity index (χ1v) is 6.42. The van der Waals surface area contributed by atoms with Crippen molar-refractivity contribution < 1.29 is 23.1 Å². The molecule has 3 nitrogen and oxygen atoms in total. The van der Waals surface area contributed by atoms with Gasteiger partial charge in [0, 0.05) is 16.9 Å². The molecular formula is C13H12F3NO2S. The Labute approximate surface area is 118 Å². The molecule has 0 aliphatic heterocycles. The fourth-order valence-electron chi connectivity index (χ4n) is 1.43. The van der Waals surface area contributed by atoms with Crippen LogP contribution in [0.15, 0.2) is 29.2 Å². The Morgan fingerprint density at radius 3 is 2.30 bits per heavy atom. The molecule has 20 heavy (non-hydrogen) atoms. The number of hydrogen-bond donors (Lipinski definition) is 1. The number of aliphatic hydroxyl groups is 1. The number of ketones is 1. The molecule has 0 spiro atoms. The van der Waals surface area contributed by atoms with E-state index in [-0.39, 0.29) is 28.6 Å². The van der Waals surface area contributed by atoms with Crippen LogP contribution in [0.1, 0.15) is 23.7 Å². The van der Waals surface area contributed by atoms with Crippen LogP contribution in [0.2, 0.25) is 0 Å². The van der Waals surface area contributed by atoms with Crippen molar-refractivity contribution in [3.8, 4) is 6.07 Å². The summed E-state index contributed by atoms with van der Waals surface area (Å²) in [6, 6.07) is 6.82. The number of Topliss-reactive ketones (excluding diaryl/α,β-unsaturated/α-hetero) is 1. The van der Waals surface area contributed by atoms with Gasteiger partial charge in [0.15, 0.2) is 5.78 Å². The second-order valence-corrected chi connectivity index (χ2v) is 5.64. The van der Waals surface area contributed by atoms with Gasteiger partial charge in [0.2, 0.25) is 0 Å². The second-order valence-electron chi connectivity index (χ2n) is 4.50. The number of carbonyl (C=O) groups is 1. The van der Waals surface area contributed by atoms with Crippen LogP contribution in [0.25, 0.3) is 0 Å². The summed E-state index contributed by atoms with van der Waals surface area (Å²) < 4.78 is 36.4. The minimum Gasteiger partial charge on any atom is -0.395 e. The SMILES string of the molecule is CC(C#N)(CO)CC(=O)c1ccc(SC(F)(F)F)cc1. The Morgan fingerprint density at radius 2 is 1.90 bits per heavy atom. The van der Waals surface area contributed by atoms with Crippen molar-refractivity contribution in [2.45, 2.75) is 23.7 Å². The monoisotopic (exact) mass is 303 g/mol. The molecule has 0 amide bonds. The molecule has 0 radical (unpaired) electrons. The number of halogens is 3. The van der Waals surface area contributed by atoms with Crippen molar-refractivity contribution in [3.63, 3.8) is 0 Å². The number of hydrogen-bond acceptors (Lipinski definition) is 4. The highest BCUT2D eigenvalue weighted by Gasteiger charge is 2.30. The molecule has 1 N–H and O–H groups in total. The van der Waals surface area contributed by atoms with E-state index in [9.17, 15) is 18.0 Å². The normalized spacial score (nSPS) is 14.4. The number of alkyl halides is 3. The smallest absolute Gasteiger partial charge is 0.395 e. The Bertz CT molecular complexity index is 522. The Morgan fingerprint density at radius 1 is 1.35 bits per heavy atom. The average Bonchev–Trinajstić information content (AvgIpc) is 2.37. The van der Waals surface area contributed by atoms with Gasteiger partial charge >= 0.3 is 5.51 Å². The Hall–Kier alpha value is -1.52. The molecule has 0 aromatic heterocycles. The molecule has 0 saturated carbocycles. The second kappa shape index (κ2) is 6.29. The summed E-state index contributed by atoms with van der Waals surface area (Å²) in [5.41, 5.74) is -5.34. The summed E-state index contributed by atoms with van der Waals surface area (Å²) in [6.45, 7) is 0.982. The Kier molecular flexibility index (Phi) is 5.20. The molecule has 1 unspecified atom stereocenters. The molecule has 0 fully saturated rings. The Balaban J connectivity index is 2.79. The average molecular weight is 303 g/mol. The van der Waals surface area contributed by atoms with E-state index < -0.39 is 23.3 Å². The van der Waals surface area contributed by atoms with E-state index in [1.807, 2.05) is 6.07 Å². The van der Waals surface area contributed by atoms with Gasteiger partial charge in [0.05, 0.1) is 18.1 Å². The van der Waals surface area contributed by atoms with E-state index in [1.54, 1.807) is 0 Å². The van der Waals surface area contributed by atoms with Crippen LogP contribution in [0.5, 0.6) is 0 Å². The van der Waals surface area contributed by atoms with Gasteiger partial charge in [-0.3, -0.25) is 4.79 Å². The van der Waals surface area contributed by atoms with E-state index in [0.717, 1.165) is 0 Å².